The molecule has 0 radical (unpaired) electrons. The lowest BCUT2D eigenvalue weighted by molar-refractivity contribution is -0.149. The topological polar surface area (TPSA) is 60.9 Å². The van der Waals surface area contributed by atoms with Crippen LogP contribution >= 0.6 is 0 Å². The number of rotatable bonds is 4. The molecule has 1 saturated heterocycles. The van der Waals surface area contributed by atoms with Gasteiger partial charge in [-0.2, -0.15) is 0 Å². The highest BCUT2D eigenvalue weighted by Crippen LogP contribution is 2.23. The van der Waals surface area contributed by atoms with Crippen LogP contribution < -0.4 is 0 Å². The summed E-state index contributed by atoms with van der Waals surface area (Å²) in [5.41, 5.74) is 0.113. The van der Waals surface area contributed by atoms with Gasteiger partial charge in [-0.05, 0) is 23.8 Å². The van der Waals surface area contributed by atoms with Crippen molar-refractivity contribution >= 4 is 11.9 Å². The predicted octanol–water partition coefficient (Wildman–Crippen LogP) is 2.46. The van der Waals surface area contributed by atoms with E-state index < -0.39 is 12.0 Å². The Morgan fingerprint density at radius 3 is 2.09 bits per heavy atom. The van der Waals surface area contributed by atoms with Gasteiger partial charge < -0.3 is 10.0 Å². The first kappa shape index (κ1) is 18.9. The number of carboxylic acids is 1. The van der Waals surface area contributed by atoms with Gasteiger partial charge >= 0.3 is 5.97 Å². The number of carbonyl (C=O) groups is 2. The number of piperazine rings is 1. The highest BCUT2D eigenvalue weighted by atomic mass is 16.4. The fraction of sp³-hybridized carbons (Fsp3) is 0.882. The quantitative estimate of drug-likeness (QED) is 0.866. The average molecular weight is 312 g/mol. The van der Waals surface area contributed by atoms with Crippen molar-refractivity contribution in [2.24, 2.45) is 10.8 Å². The molecule has 0 aromatic carbocycles. The first-order valence-corrected chi connectivity index (χ1v) is 8.14. The zero-order valence-corrected chi connectivity index (χ0v) is 15.0. The highest BCUT2D eigenvalue weighted by molar-refractivity contribution is 5.79. The average Bonchev–Trinajstić information content (AvgIpc) is 2.33. The Kier molecular flexibility index (Phi) is 6.02. The number of carbonyl (C=O) groups excluding carboxylic acids is 1. The first-order chi connectivity index (χ1) is 9.89. The molecule has 128 valence electrons. The summed E-state index contributed by atoms with van der Waals surface area (Å²) in [5, 5.41) is 9.49. The number of hydrogen-bond donors (Lipinski definition) is 1. The van der Waals surface area contributed by atoms with E-state index in [1.54, 1.807) is 4.90 Å². The third kappa shape index (κ3) is 6.34. The van der Waals surface area contributed by atoms with Gasteiger partial charge in [0.15, 0.2) is 0 Å². The lowest BCUT2D eigenvalue weighted by Gasteiger charge is -2.41. The van der Waals surface area contributed by atoms with Gasteiger partial charge in [0.1, 0.15) is 6.04 Å². The van der Waals surface area contributed by atoms with Crippen LogP contribution in [0.5, 0.6) is 0 Å². The van der Waals surface area contributed by atoms with Crippen LogP contribution in [0.1, 0.15) is 54.4 Å². The van der Waals surface area contributed by atoms with Crippen molar-refractivity contribution in [3.8, 4) is 0 Å². The molecular weight excluding hydrogens is 280 g/mol. The summed E-state index contributed by atoms with van der Waals surface area (Å²) in [6.07, 6.45) is 1.41. The van der Waals surface area contributed by atoms with Gasteiger partial charge in [0.05, 0.1) is 0 Å². The molecule has 0 spiro atoms. The molecule has 1 heterocycles. The molecule has 1 fully saturated rings. The fourth-order valence-electron chi connectivity index (χ4n) is 2.59. The molecule has 1 aliphatic heterocycles. The minimum atomic E-state index is -0.831. The number of hydrogen-bond acceptors (Lipinski definition) is 3. The van der Waals surface area contributed by atoms with Crippen molar-refractivity contribution in [1.29, 1.82) is 0 Å². The summed E-state index contributed by atoms with van der Waals surface area (Å²) in [4.78, 5) is 27.6. The Bertz CT molecular complexity index is 407. The van der Waals surface area contributed by atoms with E-state index in [1.807, 2.05) is 25.7 Å². The maximum absolute atomic E-state index is 12.3. The SMILES string of the molecule is CC(C)(C)CCN1CCN(C(=O)CC(C)(C)C)C[C@@H]1C(=O)O. The van der Waals surface area contributed by atoms with Crippen LogP contribution in [0.4, 0.5) is 0 Å². The smallest absolute Gasteiger partial charge is 0.322 e. The lowest BCUT2D eigenvalue weighted by atomic mass is 9.91. The normalized spacial score (nSPS) is 21.0. The maximum atomic E-state index is 12.3. The third-order valence-electron chi connectivity index (χ3n) is 3.96. The molecule has 0 unspecified atom stereocenters. The van der Waals surface area contributed by atoms with E-state index in [0.717, 1.165) is 13.0 Å². The monoisotopic (exact) mass is 312 g/mol. The molecule has 1 aliphatic rings. The van der Waals surface area contributed by atoms with E-state index in [4.69, 9.17) is 0 Å². The Morgan fingerprint density at radius 1 is 1.05 bits per heavy atom. The Labute approximate surface area is 134 Å². The van der Waals surface area contributed by atoms with Crippen molar-refractivity contribution < 1.29 is 14.7 Å². The van der Waals surface area contributed by atoms with Crippen LogP contribution in [0.2, 0.25) is 0 Å². The van der Waals surface area contributed by atoms with E-state index in [2.05, 4.69) is 20.8 Å². The number of nitrogens with zero attached hydrogens (tertiary/aromatic N) is 2. The molecule has 1 atom stereocenters. The molecule has 22 heavy (non-hydrogen) atoms. The molecular formula is C17H32N2O3. The van der Waals surface area contributed by atoms with Crippen molar-refractivity contribution in [3.63, 3.8) is 0 Å². The zero-order chi connectivity index (χ0) is 17.1. The van der Waals surface area contributed by atoms with Crippen molar-refractivity contribution in [1.82, 2.24) is 9.80 Å². The molecule has 1 rings (SSSR count). The summed E-state index contributed by atoms with van der Waals surface area (Å²) in [6.45, 7) is 14.9. The Hall–Kier alpha value is -1.10. The highest BCUT2D eigenvalue weighted by Gasteiger charge is 2.35. The summed E-state index contributed by atoms with van der Waals surface area (Å²) < 4.78 is 0. The minimum absolute atomic E-state index is 0.0641. The lowest BCUT2D eigenvalue weighted by Crippen LogP contribution is -2.58. The zero-order valence-electron chi connectivity index (χ0n) is 15.0. The van der Waals surface area contributed by atoms with Gasteiger partial charge in [-0.3, -0.25) is 14.5 Å². The second-order valence-corrected chi connectivity index (χ2v) is 8.78. The first-order valence-electron chi connectivity index (χ1n) is 8.14. The molecule has 0 aromatic rings. The summed E-state index contributed by atoms with van der Waals surface area (Å²) in [6, 6.07) is -0.583. The molecule has 5 nitrogen and oxygen atoms in total. The van der Waals surface area contributed by atoms with Crippen molar-refractivity contribution in [3.05, 3.63) is 0 Å². The molecule has 0 aromatic heterocycles. The van der Waals surface area contributed by atoms with E-state index in [0.29, 0.717) is 26.1 Å². The van der Waals surface area contributed by atoms with Crippen LogP contribution in [-0.4, -0.2) is 59.0 Å². The Balaban J connectivity index is 2.67. The second kappa shape index (κ2) is 6.99. The van der Waals surface area contributed by atoms with Gasteiger partial charge in [-0.25, -0.2) is 0 Å². The van der Waals surface area contributed by atoms with Crippen LogP contribution in [0, 0.1) is 10.8 Å². The Morgan fingerprint density at radius 2 is 1.64 bits per heavy atom. The van der Waals surface area contributed by atoms with E-state index in [1.165, 1.54) is 0 Å². The minimum Gasteiger partial charge on any atom is -0.480 e. The molecule has 0 bridgehead atoms. The largest absolute Gasteiger partial charge is 0.480 e. The predicted molar refractivity (Wildman–Crippen MR) is 87.7 cm³/mol. The van der Waals surface area contributed by atoms with Crippen molar-refractivity contribution in [2.75, 3.05) is 26.2 Å². The summed E-state index contributed by atoms with van der Waals surface area (Å²) in [5.74, 6) is -0.767. The molecule has 1 amide bonds. The van der Waals surface area contributed by atoms with Crippen LogP contribution in [0.15, 0.2) is 0 Å². The van der Waals surface area contributed by atoms with Gasteiger partial charge in [0.2, 0.25) is 5.91 Å². The molecule has 0 aliphatic carbocycles. The van der Waals surface area contributed by atoms with Gasteiger partial charge in [-0.15, -0.1) is 0 Å². The van der Waals surface area contributed by atoms with Gasteiger partial charge in [0.25, 0.3) is 0 Å². The molecule has 1 N–H and O–H groups in total. The van der Waals surface area contributed by atoms with Gasteiger partial charge in [0, 0.05) is 26.1 Å². The van der Waals surface area contributed by atoms with Gasteiger partial charge in [-0.1, -0.05) is 41.5 Å². The fourth-order valence-corrected chi connectivity index (χ4v) is 2.59. The molecule has 5 heteroatoms. The standard InChI is InChI=1S/C17H32N2O3/c1-16(2,3)7-8-18-9-10-19(12-13(18)15(21)22)14(20)11-17(4,5)6/h13H,7-12H2,1-6H3,(H,21,22)/t13-/m1/s1. The van der Waals surface area contributed by atoms with E-state index in [-0.39, 0.29) is 16.7 Å². The molecule has 0 saturated carbocycles. The van der Waals surface area contributed by atoms with Crippen LogP contribution in [-0.2, 0) is 9.59 Å². The number of aliphatic carboxylic acids is 1. The maximum Gasteiger partial charge on any atom is 0.322 e. The van der Waals surface area contributed by atoms with Crippen LogP contribution in [0.3, 0.4) is 0 Å². The number of carboxylic acid groups (broad SMARTS) is 1. The van der Waals surface area contributed by atoms with E-state index in [9.17, 15) is 14.7 Å². The van der Waals surface area contributed by atoms with E-state index >= 15 is 0 Å². The van der Waals surface area contributed by atoms with Crippen LogP contribution in [0.25, 0.3) is 0 Å². The van der Waals surface area contributed by atoms with Crippen molar-refractivity contribution in [2.45, 2.75) is 60.4 Å². The third-order valence-corrected chi connectivity index (χ3v) is 3.96. The number of amides is 1. The second-order valence-electron chi connectivity index (χ2n) is 8.78. The summed E-state index contributed by atoms with van der Waals surface area (Å²) in [7, 11) is 0. The summed E-state index contributed by atoms with van der Waals surface area (Å²) >= 11 is 0.